The molecule has 0 saturated heterocycles. The van der Waals surface area contributed by atoms with Crippen molar-refractivity contribution in [2.45, 2.75) is 30.8 Å². The Labute approximate surface area is 117 Å². The molecule has 1 aliphatic rings. The number of nitrogens with two attached hydrogens (primary N) is 1. The van der Waals surface area contributed by atoms with Gasteiger partial charge < -0.3 is 10.5 Å². The van der Waals surface area contributed by atoms with Crippen LogP contribution >= 0.6 is 0 Å². The fourth-order valence-corrected chi connectivity index (χ4v) is 2.96. The summed E-state index contributed by atoms with van der Waals surface area (Å²) in [7, 11) is -3.86. The largest absolute Gasteiger partial charge is 0.462 e. The van der Waals surface area contributed by atoms with Crippen molar-refractivity contribution in [3.63, 3.8) is 0 Å². The van der Waals surface area contributed by atoms with Crippen LogP contribution in [-0.4, -0.2) is 43.8 Å². The Morgan fingerprint density at radius 1 is 1.65 bits per heavy atom. The summed E-state index contributed by atoms with van der Waals surface area (Å²) in [5, 5.41) is 5.61. The first-order chi connectivity index (χ1) is 9.45. The molecule has 1 aromatic heterocycles. The zero-order chi connectivity index (χ0) is 14.8. The van der Waals surface area contributed by atoms with Gasteiger partial charge in [0.25, 0.3) is 10.0 Å². The van der Waals surface area contributed by atoms with Gasteiger partial charge in [0.15, 0.2) is 5.03 Å². The highest BCUT2D eigenvalue weighted by Crippen LogP contribution is 2.31. The summed E-state index contributed by atoms with van der Waals surface area (Å²) in [5.74, 6) is -0.350. The lowest BCUT2D eigenvalue weighted by Crippen LogP contribution is -2.39. The lowest BCUT2D eigenvalue weighted by atomic mass is 10.2. The van der Waals surface area contributed by atoms with Crippen molar-refractivity contribution in [3.8, 4) is 0 Å². The molecule has 8 nitrogen and oxygen atoms in total. The summed E-state index contributed by atoms with van der Waals surface area (Å²) in [4.78, 5) is 11.6. The Morgan fingerprint density at radius 3 is 2.95 bits per heavy atom. The van der Waals surface area contributed by atoms with Gasteiger partial charge in [0.05, 0.1) is 12.8 Å². The van der Waals surface area contributed by atoms with Crippen molar-refractivity contribution < 1.29 is 17.9 Å². The second-order valence-electron chi connectivity index (χ2n) is 4.69. The molecule has 4 N–H and O–H groups in total. The van der Waals surface area contributed by atoms with Crippen molar-refractivity contribution in [1.29, 1.82) is 0 Å². The maximum atomic E-state index is 12.1. The Kier molecular flexibility index (Phi) is 4.41. The predicted molar refractivity (Wildman–Crippen MR) is 70.4 cm³/mol. The number of H-pyrrole nitrogens is 1. The number of carbonyl (C=O) groups is 1. The van der Waals surface area contributed by atoms with Crippen molar-refractivity contribution in [1.82, 2.24) is 14.9 Å². The molecule has 1 aromatic rings. The molecule has 2 rings (SSSR count). The van der Waals surface area contributed by atoms with Crippen LogP contribution in [0.25, 0.3) is 0 Å². The summed E-state index contributed by atoms with van der Waals surface area (Å²) in [5.41, 5.74) is 5.73. The van der Waals surface area contributed by atoms with Gasteiger partial charge in [-0.3, -0.25) is 5.10 Å². The van der Waals surface area contributed by atoms with Crippen LogP contribution in [0.2, 0.25) is 0 Å². The van der Waals surface area contributed by atoms with Crippen LogP contribution in [0.4, 0.5) is 0 Å². The lowest BCUT2D eigenvalue weighted by Gasteiger charge is -2.11. The number of carbonyl (C=O) groups excluding carboxylic acids is 1. The third-order valence-corrected chi connectivity index (χ3v) is 4.50. The van der Waals surface area contributed by atoms with Crippen LogP contribution in [0.3, 0.4) is 0 Å². The van der Waals surface area contributed by atoms with Crippen molar-refractivity contribution in [2.24, 2.45) is 11.7 Å². The molecule has 1 fully saturated rings. The molecule has 0 aliphatic heterocycles. The topological polar surface area (TPSA) is 127 Å². The van der Waals surface area contributed by atoms with Crippen LogP contribution in [-0.2, 0) is 14.8 Å². The fourth-order valence-electron chi connectivity index (χ4n) is 1.80. The first-order valence-corrected chi connectivity index (χ1v) is 7.89. The van der Waals surface area contributed by atoms with Gasteiger partial charge in [-0.05, 0) is 25.7 Å². The van der Waals surface area contributed by atoms with Gasteiger partial charge >= 0.3 is 5.97 Å². The average Bonchev–Trinajstić information content (AvgIpc) is 3.12. The Hall–Kier alpha value is -1.45. The van der Waals surface area contributed by atoms with Crippen LogP contribution in [0, 0.1) is 5.92 Å². The van der Waals surface area contributed by atoms with Crippen LogP contribution in [0.15, 0.2) is 11.2 Å². The average molecular weight is 302 g/mol. The quantitative estimate of drug-likeness (QED) is 0.588. The van der Waals surface area contributed by atoms with Gasteiger partial charge in [-0.2, -0.15) is 5.10 Å². The molecule has 1 unspecified atom stereocenters. The second-order valence-corrected chi connectivity index (χ2v) is 6.39. The van der Waals surface area contributed by atoms with E-state index in [0.717, 1.165) is 19.0 Å². The second kappa shape index (κ2) is 5.90. The minimum atomic E-state index is -3.86. The van der Waals surface area contributed by atoms with E-state index in [0.29, 0.717) is 5.92 Å². The van der Waals surface area contributed by atoms with Gasteiger partial charge in [0.2, 0.25) is 0 Å². The molecule has 1 saturated carbocycles. The number of esters is 1. The molecular formula is C11H18N4O4S. The number of aromatic amines is 1. The minimum Gasteiger partial charge on any atom is -0.462 e. The number of rotatable bonds is 7. The number of hydrogen-bond donors (Lipinski definition) is 3. The molecule has 1 atom stereocenters. The van der Waals surface area contributed by atoms with Gasteiger partial charge in [0.1, 0.15) is 5.56 Å². The SMILES string of the molecule is CCOC(=O)c1cn[nH]c1S(=O)(=O)NCC(N)C1CC1. The smallest absolute Gasteiger partial charge is 0.342 e. The van der Waals surface area contributed by atoms with E-state index in [4.69, 9.17) is 10.5 Å². The van der Waals surface area contributed by atoms with Crippen LogP contribution < -0.4 is 10.5 Å². The summed E-state index contributed by atoms with van der Waals surface area (Å²) >= 11 is 0. The van der Waals surface area contributed by atoms with E-state index < -0.39 is 16.0 Å². The minimum absolute atomic E-state index is 0.112. The maximum Gasteiger partial charge on any atom is 0.342 e. The van der Waals surface area contributed by atoms with Crippen molar-refractivity contribution >= 4 is 16.0 Å². The van der Waals surface area contributed by atoms with Gasteiger partial charge in [0, 0.05) is 12.6 Å². The van der Waals surface area contributed by atoms with Gasteiger partial charge in [-0.15, -0.1) is 0 Å². The fraction of sp³-hybridized carbons (Fsp3) is 0.636. The Bertz CT molecular complexity index is 579. The highest BCUT2D eigenvalue weighted by atomic mass is 32.2. The monoisotopic (exact) mass is 302 g/mol. The normalized spacial score (nSPS) is 16.9. The molecule has 0 amide bonds. The van der Waals surface area contributed by atoms with Crippen molar-refractivity contribution in [3.05, 3.63) is 11.8 Å². The highest BCUT2D eigenvalue weighted by Gasteiger charge is 2.31. The summed E-state index contributed by atoms with van der Waals surface area (Å²) in [6.07, 6.45) is 3.19. The summed E-state index contributed by atoms with van der Waals surface area (Å²) < 4.78 is 31.4. The van der Waals surface area contributed by atoms with E-state index in [1.54, 1.807) is 6.92 Å². The number of nitrogens with one attached hydrogen (secondary N) is 2. The Balaban J connectivity index is 2.08. The lowest BCUT2D eigenvalue weighted by molar-refractivity contribution is 0.0522. The van der Waals surface area contributed by atoms with Crippen molar-refractivity contribution in [2.75, 3.05) is 13.2 Å². The number of ether oxygens (including phenoxy) is 1. The third kappa shape index (κ3) is 3.35. The highest BCUT2D eigenvalue weighted by molar-refractivity contribution is 7.89. The van der Waals surface area contributed by atoms with E-state index in [2.05, 4.69) is 14.9 Å². The molecule has 1 aliphatic carbocycles. The molecular weight excluding hydrogens is 284 g/mol. The Morgan fingerprint density at radius 2 is 2.35 bits per heavy atom. The number of hydrogen-bond acceptors (Lipinski definition) is 6. The van der Waals surface area contributed by atoms with Gasteiger partial charge in [-0.25, -0.2) is 17.9 Å². The van der Waals surface area contributed by atoms with E-state index in [1.807, 2.05) is 0 Å². The number of aromatic nitrogens is 2. The number of sulfonamides is 1. The van der Waals surface area contributed by atoms with E-state index in [-0.39, 0.29) is 29.8 Å². The predicted octanol–water partition coefficient (Wildman–Crippen LogP) is -0.398. The number of nitrogens with zero attached hydrogens (tertiary/aromatic N) is 1. The molecule has 0 spiro atoms. The molecule has 112 valence electrons. The first-order valence-electron chi connectivity index (χ1n) is 6.41. The van der Waals surface area contributed by atoms with Gasteiger partial charge in [-0.1, -0.05) is 0 Å². The molecule has 0 radical (unpaired) electrons. The zero-order valence-corrected chi connectivity index (χ0v) is 11.9. The summed E-state index contributed by atoms with van der Waals surface area (Å²) in [6, 6.07) is -0.210. The molecule has 20 heavy (non-hydrogen) atoms. The summed E-state index contributed by atoms with van der Waals surface area (Å²) in [6.45, 7) is 1.93. The molecule has 0 aromatic carbocycles. The maximum absolute atomic E-state index is 12.1. The standard InChI is InChI=1S/C11H18N4O4S/c1-2-19-11(16)8-5-13-15-10(8)20(17,18)14-6-9(12)7-3-4-7/h5,7,9,14H,2-4,6,12H2,1H3,(H,13,15). The first kappa shape index (κ1) is 14.9. The van der Waals surface area contributed by atoms with E-state index >= 15 is 0 Å². The van der Waals surface area contributed by atoms with Crippen LogP contribution in [0.1, 0.15) is 30.1 Å². The molecule has 0 bridgehead atoms. The van der Waals surface area contributed by atoms with E-state index in [9.17, 15) is 13.2 Å². The van der Waals surface area contributed by atoms with E-state index in [1.165, 1.54) is 0 Å². The third-order valence-electron chi connectivity index (χ3n) is 3.11. The molecule has 1 heterocycles. The van der Waals surface area contributed by atoms with Crippen LogP contribution in [0.5, 0.6) is 0 Å². The molecule has 9 heteroatoms. The zero-order valence-electron chi connectivity index (χ0n) is 11.1.